The Bertz CT molecular complexity index is 800. The van der Waals surface area contributed by atoms with Crippen LogP contribution in [0.4, 0.5) is 0 Å². The highest BCUT2D eigenvalue weighted by atomic mass is 32.2. The number of benzene rings is 1. The molecule has 0 bridgehead atoms. The lowest BCUT2D eigenvalue weighted by Gasteiger charge is -2.06. The van der Waals surface area contributed by atoms with Gasteiger partial charge in [-0.05, 0) is 35.6 Å². The molecule has 5 nitrogen and oxygen atoms in total. The molecule has 0 radical (unpaired) electrons. The molecule has 0 unspecified atom stereocenters. The predicted octanol–water partition coefficient (Wildman–Crippen LogP) is 3.66. The zero-order chi connectivity index (χ0) is 16.8. The fourth-order valence-electron chi connectivity index (χ4n) is 2.25. The molecule has 2 heterocycles. The number of nitrogens with zero attached hydrogens (tertiary/aromatic N) is 3. The van der Waals surface area contributed by atoms with Crippen LogP contribution in [0.15, 0.2) is 53.3 Å². The Labute approximate surface area is 148 Å². The largest absolute Gasteiger partial charge is 0.465 e. The number of carbonyl (C=O) groups is 1. The standard InChI is InChI=1S/C17H17N3O2S2/c1-22-16(21)14-5-2-4-13(10-14)11-24-17-19-18-12-20(17)8-7-15-6-3-9-23-15/h2-6,9-10,12H,7-8,11H2,1H3. The zero-order valence-electron chi connectivity index (χ0n) is 13.2. The summed E-state index contributed by atoms with van der Waals surface area (Å²) in [6.45, 7) is 0.859. The average Bonchev–Trinajstić information content (AvgIpc) is 3.29. The van der Waals surface area contributed by atoms with E-state index in [0.717, 1.165) is 29.4 Å². The van der Waals surface area contributed by atoms with Crippen molar-refractivity contribution in [2.75, 3.05) is 7.11 Å². The first kappa shape index (κ1) is 16.7. The second kappa shape index (κ2) is 8.12. The summed E-state index contributed by atoms with van der Waals surface area (Å²) < 4.78 is 6.82. The van der Waals surface area contributed by atoms with Crippen LogP contribution in [0.25, 0.3) is 0 Å². The van der Waals surface area contributed by atoms with Crippen molar-refractivity contribution in [2.24, 2.45) is 0 Å². The topological polar surface area (TPSA) is 57.0 Å². The van der Waals surface area contributed by atoms with E-state index >= 15 is 0 Å². The van der Waals surface area contributed by atoms with Gasteiger partial charge in [0.05, 0.1) is 12.7 Å². The quantitative estimate of drug-likeness (QED) is 0.476. The van der Waals surface area contributed by atoms with E-state index in [-0.39, 0.29) is 5.97 Å². The molecule has 2 aromatic heterocycles. The van der Waals surface area contributed by atoms with Crippen molar-refractivity contribution < 1.29 is 9.53 Å². The minimum atomic E-state index is -0.319. The lowest BCUT2D eigenvalue weighted by molar-refractivity contribution is 0.0600. The summed E-state index contributed by atoms with van der Waals surface area (Å²) in [5, 5.41) is 11.2. The number of thiophene rings is 1. The molecule has 0 spiro atoms. The molecule has 0 aliphatic heterocycles. The van der Waals surface area contributed by atoms with Gasteiger partial charge >= 0.3 is 5.97 Å². The molecule has 0 amide bonds. The fraction of sp³-hybridized carbons (Fsp3) is 0.235. The van der Waals surface area contributed by atoms with Crippen LogP contribution >= 0.6 is 23.1 Å². The number of aryl methyl sites for hydroxylation is 2. The normalized spacial score (nSPS) is 10.7. The Kier molecular flexibility index (Phi) is 5.66. The molecule has 0 N–H and O–H groups in total. The number of aromatic nitrogens is 3. The Balaban J connectivity index is 1.61. The van der Waals surface area contributed by atoms with Gasteiger partial charge in [-0.3, -0.25) is 0 Å². The van der Waals surface area contributed by atoms with Gasteiger partial charge in [-0.15, -0.1) is 21.5 Å². The van der Waals surface area contributed by atoms with Crippen LogP contribution in [-0.2, 0) is 23.5 Å². The van der Waals surface area contributed by atoms with E-state index in [1.807, 2.05) is 18.2 Å². The van der Waals surface area contributed by atoms with E-state index in [1.165, 1.54) is 12.0 Å². The van der Waals surface area contributed by atoms with Gasteiger partial charge in [-0.25, -0.2) is 4.79 Å². The van der Waals surface area contributed by atoms with Crippen molar-refractivity contribution in [3.05, 3.63) is 64.1 Å². The van der Waals surface area contributed by atoms with Crippen molar-refractivity contribution in [1.82, 2.24) is 14.8 Å². The molecule has 1 aromatic carbocycles. The van der Waals surface area contributed by atoms with E-state index in [0.29, 0.717) is 5.56 Å². The summed E-state index contributed by atoms with van der Waals surface area (Å²) in [6, 6.07) is 11.7. The lowest BCUT2D eigenvalue weighted by atomic mass is 10.1. The van der Waals surface area contributed by atoms with Gasteiger partial charge in [-0.1, -0.05) is 30.0 Å². The first-order chi connectivity index (χ1) is 11.8. The van der Waals surface area contributed by atoms with Crippen LogP contribution in [0.2, 0.25) is 0 Å². The highest BCUT2D eigenvalue weighted by Crippen LogP contribution is 2.22. The fourth-order valence-corrected chi connectivity index (χ4v) is 3.83. The maximum Gasteiger partial charge on any atom is 0.337 e. The van der Waals surface area contributed by atoms with Gasteiger partial charge < -0.3 is 9.30 Å². The van der Waals surface area contributed by atoms with Gasteiger partial charge in [0, 0.05) is 17.2 Å². The third-order valence-corrected chi connectivity index (χ3v) is 5.46. The summed E-state index contributed by atoms with van der Waals surface area (Å²) >= 11 is 3.38. The first-order valence-electron chi connectivity index (χ1n) is 7.46. The third-order valence-electron chi connectivity index (χ3n) is 3.48. The lowest BCUT2D eigenvalue weighted by Crippen LogP contribution is -2.02. The zero-order valence-corrected chi connectivity index (χ0v) is 14.8. The summed E-state index contributed by atoms with van der Waals surface area (Å²) in [6.07, 6.45) is 2.74. The van der Waals surface area contributed by atoms with E-state index in [2.05, 4.69) is 32.3 Å². The van der Waals surface area contributed by atoms with E-state index in [9.17, 15) is 4.79 Å². The van der Waals surface area contributed by atoms with Gasteiger partial charge in [0.1, 0.15) is 6.33 Å². The van der Waals surface area contributed by atoms with Crippen molar-refractivity contribution in [3.63, 3.8) is 0 Å². The minimum absolute atomic E-state index is 0.319. The van der Waals surface area contributed by atoms with Crippen LogP contribution in [0.3, 0.4) is 0 Å². The molecule has 0 aliphatic rings. The highest BCUT2D eigenvalue weighted by molar-refractivity contribution is 7.98. The van der Waals surface area contributed by atoms with Crippen molar-refractivity contribution in [1.29, 1.82) is 0 Å². The molecule has 24 heavy (non-hydrogen) atoms. The Morgan fingerprint density at radius 2 is 2.25 bits per heavy atom. The SMILES string of the molecule is COC(=O)c1cccc(CSc2nncn2CCc2cccs2)c1. The number of rotatable bonds is 7. The Hall–Kier alpha value is -2.12. The van der Waals surface area contributed by atoms with Crippen LogP contribution < -0.4 is 0 Å². The van der Waals surface area contributed by atoms with Crippen LogP contribution in [-0.4, -0.2) is 27.8 Å². The van der Waals surface area contributed by atoms with Crippen LogP contribution in [0.1, 0.15) is 20.8 Å². The number of hydrogen-bond donors (Lipinski definition) is 0. The molecule has 3 rings (SSSR count). The first-order valence-corrected chi connectivity index (χ1v) is 9.33. The maximum atomic E-state index is 11.6. The second-order valence-electron chi connectivity index (χ2n) is 5.12. The number of carbonyl (C=O) groups excluding carboxylic acids is 1. The van der Waals surface area contributed by atoms with E-state index in [4.69, 9.17) is 4.74 Å². The summed E-state index contributed by atoms with van der Waals surface area (Å²) in [7, 11) is 1.39. The van der Waals surface area contributed by atoms with Crippen molar-refractivity contribution in [2.45, 2.75) is 23.9 Å². The van der Waals surface area contributed by atoms with Crippen LogP contribution in [0.5, 0.6) is 0 Å². The van der Waals surface area contributed by atoms with Crippen molar-refractivity contribution >= 4 is 29.1 Å². The van der Waals surface area contributed by atoms with Gasteiger partial charge in [0.15, 0.2) is 5.16 Å². The van der Waals surface area contributed by atoms with Crippen LogP contribution in [0, 0.1) is 0 Å². The smallest absolute Gasteiger partial charge is 0.337 e. The predicted molar refractivity (Wildman–Crippen MR) is 95.4 cm³/mol. The maximum absolute atomic E-state index is 11.6. The number of thioether (sulfide) groups is 1. The number of ether oxygens (including phenoxy) is 1. The Morgan fingerprint density at radius 1 is 1.33 bits per heavy atom. The summed E-state index contributed by atoms with van der Waals surface area (Å²) in [5.74, 6) is 0.406. The van der Waals surface area contributed by atoms with Gasteiger partial charge in [0.2, 0.25) is 0 Å². The van der Waals surface area contributed by atoms with Crippen molar-refractivity contribution in [3.8, 4) is 0 Å². The van der Waals surface area contributed by atoms with E-state index in [1.54, 1.807) is 35.5 Å². The molecule has 0 fully saturated rings. The summed E-state index contributed by atoms with van der Waals surface area (Å²) in [4.78, 5) is 12.9. The second-order valence-corrected chi connectivity index (χ2v) is 7.09. The summed E-state index contributed by atoms with van der Waals surface area (Å²) in [5.41, 5.74) is 1.62. The third kappa shape index (κ3) is 4.24. The molecular weight excluding hydrogens is 342 g/mol. The molecule has 124 valence electrons. The molecular formula is C17H17N3O2S2. The number of esters is 1. The molecule has 0 saturated carbocycles. The highest BCUT2D eigenvalue weighted by Gasteiger charge is 2.09. The van der Waals surface area contributed by atoms with E-state index < -0.39 is 0 Å². The molecule has 0 aliphatic carbocycles. The molecule has 7 heteroatoms. The van der Waals surface area contributed by atoms with Gasteiger partial charge in [-0.2, -0.15) is 0 Å². The molecule has 0 saturated heterocycles. The minimum Gasteiger partial charge on any atom is -0.465 e. The molecule has 0 atom stereocenters. The molecule has 3 aromatic rings. The van der Waals surface area contributed by atoms with Gasteiger partial charge in [0.25, 0.3) is 0 Å². The Morgan fingerprint density at radius 3 is 3.04 bits per heavy atom. The monoisotopic (exact) mass is 359 g/mol. The average molecular weight is 359 g/mol. The number of methoxy groups -OCH3 is 1. The number of hydrogen-bond acceptors (Lipinski definition) is 6.